The lowest BCUT2D eigenvalue weighted by atomic mass is 10.3. The van der Waals surface area contributed by atoms with E-state index >= 15 is 0 Å². The van der Waals surface area contributed by atoms with Crippen molar-refractivity contribution in [3.05, 3.63) is 16.7 Å². The number of hydrogen-bond acceptors (Lipinski definition) is 4. The van der Waals surface area contributed by atoms with Crippen molar-refractivity contribution in [1.29, 1.82) is 0 Å². The number of nitrogens with two attached hydrogens (primary N) is 1. The summed E-state index contributed by atoms with van der Waals surface area (Å²) in [6, 6.07) is 2.25. The molecule has 1 rings (SSSR count). The Balaban J connectivity index is 2.70. The van der Waals surface area contributed by atoms with Gasteiger partial charge in [0, 0.05) is 24.1 Å². The lowest BCUT2D eigenvalue weighted by Crippen LogP contribution is -2.18. The van der Waals surface area contributed by atoms with Gasteiger partial charge in [-0.1, -0.05) is 0 Å². The third-order valence-electron chi connectivity index (χ3n) is 1.70. The normalized spacial score (nSPS) is 12.5. The van der Waals surface area contributed by atoms with Gasteiger partial charge < -0.3 is 11.1 Å². The van der Waals surface area contributed by atoms with E-state index in [-0.39, 0.29) is 0 Å². The molecule has 1 aromatic heterocycles. The summed E-state index contributed by atoms with van der Waals surface area (Å²) in [6.45, 7) is 2.14. The van der Waals surface area contributed by atoms with Crippen LogP contribution < -0.4 is 11.1 Å². The van der Waals surface area contributed by atoms with E-state index in [0.29, 0.717) is 11.9 Å². The second-order valence-electron chi connectivity index (χ2n) is 3.09. The van der Waals surface area contributed by atoms with Crippen LogP contribution in [0.25, 0.3) is 0 Å². The fourth-order valence-electron chi connectivity index (χ4n) is 1.12. The molecule has 0 amide bonds. The molecule has 0 saturated heterocycles. The zero-order valence-corrected chi connectivity index (χ0v) is 10.7. The van der Waals surface area contributed by atoms with Gasteiger partial charge in [-0.2, -0.15) is 11.8 Å². The van der Waals surface area contributed by atoms with Crippen molar-refractivity contribution in [1.82, 2.24) is 4.98 Å². The number of nitrogens with zero attached hydrogens (tertiary/aromatic N) is 1. The third kappa shape index (κ3) is 3.38. The summed E-state index contributed by atoms with van der Waals surface area (Å²) in [5.41, 5.74) is 6.60. The average Bonchev–Trinajstić information content (AvgIpc) is 2.12. The molecule has 14 heavy (non-hydrogen) atoms. The molecular formula is C9H14BrN3S. The molecule has 0 aliphatic heterocycles. The van der Waals surface area contributed by atoms with Crippen molar-refractivity contribution in [3.63, 3.8) is 0 Å². The van der Waals surface area contributed by atoms with Crippen LogP contribution >= 0.6 is 27.7 Å². The van der Waals surface area contributed by atoms with E-state index in [1.54, 1.807) is 6.20 Å². The van der Waals surface area contributed by atoms with Crippen LogP contribution in [-0.4, -0.2) is 23.0 Å². The van der Waals surface area contributed by atoms with Crippen molar-refractivity contribution in [3.8, 4) is 0 Å². The number of nitrogen functional groups attached to an aromatic ring is 1. The SMILES string of the molecule is CSCC(C)Nc1cc(N)ncc1Br. The molecule has 78 valence electrons. The first-order chi connectivity index (χ1) is 6.63. The van der Waals surface area contributed by atoms with Gasteiger partial charge in [-0.05, 0) is 29.1 Å². The largest absolute Gasteiger partial charge is 0.384 e. The highest BCUT2D eigenvalue weighted by atomic mass is 79.9. The zero-order chi connectivity index (χ0) is 10.6. The van der Waals surface area contributed by atoms with Crippen molar-refractivity contribution in [2.75, 3.05) is 23.1 Å². The second-order valence-corrected chi connectivity index (χ2v) is 4.85. The van der Waals surface area contributed by atoms with Crippen molar-refractivity contribution in [2.45, 2.75) is 13.0 Å². The third-order valence-corrected chi connectivity index (χ3v) is 3.16. The van der Waals surface area contributed by atoms with Gasteiger partial charge in [-0.25, -0.2) is 4.98 Å². The fourth-order valence-corrected chi connectivity index (χ4v) is 2.04. The number of anilines is 2. The maximum Gasteiger partial charge on any atom is 0.125 e. The molecule has 0 saturated carbocycles. The minimum atomic E-state index is 0.420. The van der Waals surface area contributed by atoms with E-state index in [9.17, 15) is 0 Å². The van der Waals surface area contributed by atoms with E-state index in [1.807, 2.05) is 17.8 Å². The predicted molar refractivity (Wildman–Crippen MR) is 67.8 cm³/mol. The van der Waals surface area contributed by atoms with Crippen LogP contribution in [0.15, 0.2) is 16.7 Å². The van der Waals surface area contributed by atoms with Gasteiger partial charge in [0.25, 0.3) is 0 Å². The zero-order valence-electron chi connectivity index (χ0n) is 8.25. The Morgan fingerprint density at radius 1 is 1.71 bits per heavy atom. The second kappa shape index (κ2) is 5.46. The molecule has 3 N–H and O–H groups in total. The van der Waals surface area contributed by atoms with E-state index in [4.69, 9.17) is 5.73 Å². The first-order valence-electron chi connectivity index (χ1n) is 4.30. The highest BCUT2D eigenvalue weighted by molar-refractivity contribution is 9.10. The number of aromatic nitrogens is 1. The lowest BCUT2D eigenvalue weighted by molar-refractivity contribution is 0.912. The van der Waals surface area contributed by atoms with Crippen LogP contribution in [0.5, 0.6) is 0 Å². The summed E-state index contributed by atoms with van der Waals surface area (Å²) in [6.07, 6.45) is 3.80. The first kappa shape index (κ1) is 11.7. The minimum Gasteiger partial charge on any atom is -0.384 e. The van der Waals surface area contributed by atoms with E-state index in [1.165, 1.54) is 0 Å². The predicted octanol–water partition coefficient (Wildman–Crippen LogP) is 2.59. The van der Waals surface area contributed by atoms with Gasteiger partial charge in [-0.15, -0.1) is 0 Å². The van der Waals surface area contributed by atoms with E-state index in [2.05, 4.69) is 39.4 Å². The fraction of sp³-hybridized carbons (Fsp3) is 0.444. The monoisotopic (exact) mass is 275 g/mol. The van der Waals surface area contributed by atoms with Gasteiger partial charge in [0.2, 0.25) is 0 Å². The highest BCUT2D eigenvalue weighted by Gasteiger charge is 2.05. The molecule has 5 heteroatoms. The molecule has 1 atom stereocenters. The van der Waals surface area contributed by atoms with Gasteiger partial charge in [0.05, 0.1) is 10.2 Å². The molecule has 0 aliphatic rings. The Hall–Kier alpha value is -0.420. The summed E-state index contributed by atoms with van der Waals surface area (Å²) in [4.78, 5) is 3.98. The van der Waals surface area contributed by atoms with Crippen molar-refractivity contribution >= 4 is 39.2 Å². The Bertz CT molecular complexity index is 306. The van der Waals surface area contributed by atoms with Gasteiger partial charge >= 0.3 is 0 Å². The number of hydrogen-bond donors (Lipinski definition) is 2. The van der Waals surface area contributed by atoms with Crippen molar-refractivity contribution in [2.24, 2.45) is 0 Å². The summed E-state index contributed by atoms with van der Waals surface area (Å²) >= 11 is 5.24. The Morgan fingerprint density at radius 2 is 2.43 bits per heavy atom. The average molecular weight is 276 g/mol. The van der Waals surface area contributed by atoms with Crippen LogP contribution in [0, 0.1) is 0 Å². The standard InChI is InChI=1S/C9H14BrN3S/c1-6(5-14-2)13-8-3-9(11)12-4-7(8)10/h3-4,6H,5H2,1-2H3,(H3,11,12,13). The Kier molecular flexibility index (Phi) is 4.54. The quantitative estimate of drug-likeness (QED) is 0.887. The summed E-state index contributed by atoms with van der Waals surface area (Å²) in [7, 11) is 0. The van der Waals surface area contributed by atoms with Gasteiger partial charge in [0.15, 0.2) is 0 Å². The highest BCUT2D eigenvalue weighted by Crippen LogP contribution is 2.23. The summed E-state index contributed by atoms with van der Waals surface area (Å²) in [5, 5.41) is 3.36. The molecule has 0 aromatic carbocycles. The number of rotatable bonds is 4. The van der Waals surface area contributed by atoms with Crippen LogP contribution in [0.4, 0.5) is 11.5 Å². The van der Waals surface area contributed by atoms with Crippen LogP contribution in [-0.2, 0) is 0 Å². The Labute approximate surface area is 97.0 Å². The molecular weight excluding hydrogens is 262 g/mol. The van der Waals surface area contributed by atoms with E-state index < -0.39 is 0 Å². The maximum absolute atomic E-state index is 5.60. The summed E-state index contributed by atoms with van der Waals surface area (Å²) < 4.78 is 0.944. The molecule has 0 aliphatic carbocycles. The molecule has 0 spiro atoms. The molecule has 0 bridgehead atoms. The number of nitrogens with one attached hydrogen (secondary N) is 1. The molecule has 1 unspecified atom stereocenters. The first-order valence-corrected chi connectivity index (χ1v) is 6.48. The smallest absolute Gasteiger partial charge is 0.125 e. The van der Waals surface area contributed by atoms with E-state index in [0.717, 1.165) is 15.9 Å². The molecule has 3 nitrogen and oxygen atoms in total. The molecule has 0 radical (unpaired) electrons. The molecule has 1 heterocycles. The number of halogens is 1. The van der Waals surface area contributed by atoms with Crippen LogP contribution in [0.2, 0.25) is 0 Å². The maximum atomic E-state index is 5.60. The lowest BCUT2D eigenvalue weighted by Gasteiger charge is -2.15. The number of pyridine rings is 1. The molecule has 0 fully saturated rings. The van der Waals surface area contributed by atoms with Crippen LogP contribution in [0.1, 0.15) is 6.92 Å². The van der Waals surface area contributed by atoms with Crippen LogP contribution in [0.3, 0.4) is 0 Å². The van der Waals surface area contributed by atoms with Gasteiger partial charge in [-0.3, -0.25) is 0 Å². The molecule has 1 aromatic rings. The minimum absolute atomic E-state index is 0.420. The topological polar surface area (TPSA) is 50.9 Å². The number of thioether (sulfide) groups is 1. The van der Waals surface area contributed by atoms with Crippen molar-refractivity contribution < 1.29 is 0 Å². The summed E-state index contributed by atoms with van der Waals surface area (Å²) in [5.74, 6) is 1.60. The van der Waals surface area contributed by atoms with Gasteiger partial charge in [0.1, 0.15) is 5.82 Å². The Morgan fingerprint density at radius 3 is 3.07 bits per heavy atom.